The highest BCUT2D eigenvalue weighted by Gasteiger charge is 2.29. The van der Waals surface area contributed by atoms with E-state index in [1.54, 1.807) is 40.5 Å². The van der Waals surface area contributed by atoms with Gasteiger partial charge in [0.15, 0.2) is 5.96 Å². The van der Waals surface area contributed by atoms with E-state index in [1.807, 2.05) is 0 Å². The maximum absolute atomic E-state index is 12.6. The Morgan fingerprint density at radius 2 is 1.43 bits per heavy atom. The van der Waals surface area contributed by atoms with Gasteiger partial charge in [-0.15, -0.1) is 24.0 Å². The molecule has 0 bridgehead atoms. The number of methoxy groups -OCH3 is 3. The molecule has 0 aromatic heterocycles. The van der Waals surface area contributed by atoms with Crippen molar-refractivity contribution >= 4 is 29.9 Å². The molecule has 2 aromatic carbocycles. The number of nitrogens with zero attached hydrogens (tertiary/aromatic N) is 1. The first-order valence-electron chi connectivity index (χ1n) is 8.72. The summed E-state index contributed by atoms with van der Waals surface area (Å²) < 4.78 is 54.0. The third-order valence-corrected chi connectivity index (χ3v) is 4.21. The van der Waals surface area contributed by atoms with Crippen LogP contribution in [0.4, 0.5) is 13.2 Å². The van der Waals surface area contributed by atoms with Crippen LogP contribution in [0.3, 0.4) is 0 Å². The van der Waals surface area contributed by atoms with Gasteiger partial charge in [-0.3, -0.25) is 4.99 Å². The summed E-state index contributed by atoms with van der Waals surface area (Å²) in [7, 11) is 6.26. The second-order valence-electron chi connectivity index (χ2n) is 5.98. The van der Waals surface area contributed by atoms with Gasteiger partial charge < -0.3 is 24.8 Å². The molecule has 6 nitrogen and oxygen atoms in total. The molecular formula is C20H25F3IN3O3. The van der Waals surface area contributed by atoms with Crippen LogP contribution in [0.1, 0.15) is 16.7 Å². The number of aliphatic imine (C=N–C) groups is 1. The van der Waals surface area contributed by atoms with Crippen molar-refractivity contribution < 1.29 is 27.4 Å². The summed E-state index contributed by atoms with van der Waals surface area (Å²) in [4.78, 5) is 4.13. The standard InChI is InChI=1S/C20H24F3N3O3.HI/c1-24-19(25-11-13-5-7-14(8-6-13)20(21,22)23)26-12-16-17(28-3)9-15(27-2)10-18(16)29-4;/h5-10H,11-12H2,1-4H3,(H2,24,25,26);1H. The molecule has 2 rings (SSSR count). The first-order chi connectivity index (χ1) is 13.8. The minimum atomic E-state index is -4.35. The Hall–Kier alpha value is -2.37. The molecule has 0 atom stereocenters. The third-order valence-electron chi connectivity index (χ3n) is 4.21. The average Bonchev–Trinajstić information content (AvgIpc) is 2.73. The Kier molecular flexibility index (Phi) is 10.0. The molecule has 0 fully saturated rings. The average molecular weight is 539 g/mol. The quantitative estimate of drug-likeness (QED) is 0.314. The number of guanidine groups is 1. The topological polar surface area (TPSA) is 64.1 Å². The zero-order valence-corrected chi connectivity index (χ0v) is 19.4. The van der Waals surface area contributed by atoms with E-state index >= 15 is 0 Å². The van der Waals surface area contributed by atoms with Crippen LogP contribution < -0.4 is 24.8 Å². The number of halogens is 4. The van der Waals surface area contributed by atoms with Crippen LogP contribution >= 0.6 is 24.0 Å². The van der Waals surface area contributed by atoms with E-state index in [-0.39, 0.29) is 24.0 Å². The third kappa shape index (κ3) is 6.85. The lowest BCUT2D eigenvalue weighted by Crippen LogP contribution is -2.36. The van der Waals surface area contributed by atoms with Crippen molar-refractivity contribution in [1.82, 2.24) is 10.6 Å². The molecule has 166 valence electrons. The van der Waals surface area contributed by atoms with Crippen molar-refractivity contribution in [2.75, 3.05) is 28.4 Å². The predicted molar refractivity (Wildman–Crippen MR) is 120 cm³/mol. The van der Waals surface area contributed by atoms with Crippen molar-refractivity contribution in [1.29, 1.82) is 0 Å². The number of hydrogen-bond acceptors (Lipinski definition) is 4. The Labute approximate surface area is 190 Å². The molecule has 0 spiro atoms. The van der Waals surface area contributed by atoms with Gasteiger partial charge in [0.1, 0.15) is 17.2 Å². The van der Waals surface area contributed by atoms with Gasteiger partial charge in [-0.1, -0.05) is 12.1 Å². The number of hydrogen-bond donors (Lipinski definition) is 2. The van der Waals surface area contributed by atoms with Crippen molar-refractivity contribution in [3.8, 4) is 17.2 Å². The Balaban J connectivity index is 0.00000450. The Morgan fingerprint density at radius 3 is 1.87 bits per heavy atom. The number of rotatable bonds is 7. The molecule has 0 aliphatic rings. The molecule has 0 saturated carbocycles. The Bertz CT molecular complexity index is 818. The van der Waals surface area contributed by atoms with E-state index in [4.69, 9.17) is 14.2 Å². The summed E-state index contributed by atoms with van der Waals surface area (Å²) in [6.07, 6.45) is -4.35. The number of ether oxygens (including phenoxy) is 3. The SMILES string of the molecule is CN=C(NCc1ccc(C(F)(F)F)cc1)NCc1c(OC)cc(OC)cc1OC.I. The molecule has 2 aromatic rings. The zero-order valence-electron chi connectivity index (χ0n) is 17.1. The summed E-state index contributed by atoms with van der Waals surface area (Å²) in [5.74, 6) is 2.26. The smallest absolute Gasteiger partial charge is 0.416 e. The van der Waals surface area contributed by atoms with Gasteiger partial charge in [0, 0.05) is 25.7 Å². The van der Waals surface area contributed by atoms with Crippen molar-refractivity contribution in [2.24, 2.45) is 4.99 Å². The van der Waals surface area contributed by atoms with Crippen LogP contribution in [-0.2, 0) is 19.3 Å². The van der Waals surface area contributed by atoms with E-state index < -0.39 is 11.7 Å². The monoisotopic (exact) mass is 539 g/mol. The predicted octanol–water partition coefficient (Wildman–Crippen LogP) is 4.21. The van der Waals surface area contributed by atoms with Gasteiger partial charge in [-0.25, -0.2) is 0 Å². The van der Waals surface area contributed by atoms with Crippen LogP contribution in [0.15, 0.2) is 41.4 Å². The highest BCUT2D eigenvalue weighted by Crippen LogP contribution is 2.34. The lowest BCUT2D eigenvalue weighted by molar-refractivity contribution is -0.137. The molecule has 10 heteroatoms. The minimum absolute atomic E-state index is 0. The molecule has 0 aliphatic heterocycles. The van der Waals surface area contributed by atoms with Crippen molar-refractivity contribution in [3.05, 3.63) is 53.1 Å². The number of nitrogens with one attached hydrogen (secondary N) is 2. The molecule has 0 saturated heterocycles. The van der Waals surface area contributed by atoms with Gasteiger partial charge >= 0.3 is 6.18 Å². The molecular weight excluding hydrogens is 514 g/mol. The first-order valence-corrected chi connectivity index (χ1v) is 8.72. The molecule has 2 N–H and O–H groups in total. The lowest BCUT2D eigenvalue weighted by Gasteiger charge is -2.17. The van der Waals surface area contributed by atoms with Gasteiger partial charge in [0.25, 0.3) is 0 Å². The van der Waals surface area contributed by atoms with Gasteiger partial charge in [0.2, 0.25) is 0 Å². The van der Waals surface area contributed by atoms with Gasteiger partial charge in [-0.05, 0) is 17.7 Å². The molecule has 0 aliphatic carbocycles. The number of alkyl halides is 3. The van der Waals surface area contributed by atoms with Gasteiger partial charge in [0.05, 0.1) is 39.0 Å². The highest BCUT2D eigenvalue weighted by molar-refractivity contribution is 14.0. The van der Waals surface area contributed by atoms with Crippen LogP contribution in [0.25, 0.3) is 0 Å². The van der Waals surface area contributed by atoms with E-state index in [1.165, 1.54) is 12.1 Å². The molecule has 0 radical (unpaired) electrons. The first kappa shape index (κ1) is 25.7. The van der Waals surface area contributed by atoms with Gasteiger partial charge in [-0.2, -0.15) is 13.2 Å². The minimum Gasteiger partial charge on any atom is -0.496 e. The molecule has 0 unspecified atom stereocenters. The van der Waals surface area contributed by atoms with Crippen LogP contribution in [0, 0.1) is 0 Å². The summed E-state index contributed by atoms with van der Waals surface area (Å²) in [5.41, 5.74) is 0.788. The highest BCUT2D eigenvalue weighted by atomic mass is 127. The maximum atomic E-state index is 12.6. The Morgan fingerprint density at radius 1 is 0.900 bits per heavy atom. The lowest BCUT2D eigenvalue weighted by atomic mass is 10.1. The van der Waals surface area contributed by atoms with Crippen molar-refractivity contribution in [3.63, 3.8) is 0 Å². The van der Waals surface area contributed by atoms with E-state index in [9.17, 15) is 13.2 Å². The molecule has 0 heterocycles. The number of benzene rings is 2. The van der Waals surface area contributed by atoms with E-state index in [2.05, 4.69) is 15.6 Å². The fourth-order valence-electron chi connectivity index (χ4n) is 2.64. The van der Waals surface area contributed by atoms with E-state index in [0.29, 0.717) is 41.9 Å². The zero-order chi connectivity index (χ0) is 21.4. The van der Waals surface area contributed by atoms with E-state index in [0.717, 1.165) is 17.7 Å². The second kappa shape index (κ2) is 11.7. The van der Waals surface area contributed by atoms with Crippen LogP contribution in [0.5, 0.6) is 17.2 Å². The van der Waals surface area contributed by atoms with Crippen molar-refractivity contribution in [2.45, 2.75) is 19.3 Å². The fourth-order valence-corrected chi connectivity index (χ4v) is 2.64. The molecule has 0 amide bonds. The fraction of sp³-hybridized carbons (Fsp3) is 0.350. The molecule has 30 heavy (non-hydrogen) atoms. The maximum Gasteiger partial charge on any atom is 0.416 e. The second-order valence-corrected chi connectivity index (χ2v) is 5.98. The largest absolute Gasteiger partial charge is 0.496 e. The van der Waals surface area contributed by atoms with Crippen LogP contribution in [0.2, 0.25) is 0 Å². The normalized spacial score (nSPS) is 11.4. The summed E-state index contributed by atoms with van der Waals surface area (Å²) in [6.45, 7) is 0.664. The summed E-state index contributed by atoms with van der Waals surface area (Å²) in [6, 6.07) is 8.47. The summed E-state index contributed by atoms with van der Waals surface area (Å²) >= 11 is 0. The summed E-state index contributed by atoms with van der Waals surface area (Å²) in [5, 5.41) is 6.20. The van der Waals surface area contributed by atoms with Crippen LogP contribution in [-0.4, -0.2) is 34.3 Å².